The normalized spacial score (nSPS) is 16.5. The second-order valence-corrected chi connectivity index (χ2v) is 6.35. The Morgan fingerprint density at radius 2 is 1.74 bits per heavy atom. The van der Waals surface area contributed by atoms with Crippen molar-refractivity contribution in [3.05, 3.63) is 69.9 Å². The summed E-state index contributed by atoms with van der Waals surface area (Å²) in [4.78, 5) is 26.3. The zero-order chi connectivity index (χ0) is 16.6. The molecule has 23 heavy (non-hydrogen) atoms. The van der Waals surface area contributed by atoms with Gasteiger partial charge in [0.2, 0.25) is 0 Å². The molecule has 1 heterocycles. The summed E-state index contributed by atoms with van der Waals surface area (Å²) in [7, 11) is 0. The lowest BCUT2D eigenvalue weighted by Gasteiger charge is -2.15. The van der Waals surface area contributed by atoms with Crippen LogP contribution in [0, 0.1) is 19.7 Å². The Morgan fingerprint density at radius 3 is 2.39 bits per heavy atom. The van der Waals surface area contributed by atoms with Crippen LogP contribution in [0.2, 0.25) is 0 Å². The third-order valence-electron chi connectivity index (χ3n) is 3.55. The van der Waals surface area contributed by atoms with Crippen molar-refractivity contribution in [3.63, 3.8) is 0 Å². The van der Waals surface area contributed by atoms with Crippen LogP contribution in [0.4, 0.5) is 14.9 Å². The van der Waals surface area contributed by atoms with Crippen LogP contribution in [0.25, 0.3) is 6.08 Å². The third kappa shape index (κ3) is 3.05. The maximum atomic E-state index is 12.9. The van der Waals surface area contributed by atoms with Gasteiger partial charge in [-0.2, -0.15) is 0 Å². The second kappa shape index (κ2) is 6.01. The highest BCUT2D eigenvalue weighted by Crippen LogP contribution is 2.37. The van der Waals surface area contributed by atoms with Crippen LogP contribution in [0.15, 0.2) is 47.4 Å². The van der Waals surface area contributed by atoms with Gasteiger partial charge in [-0.1, -0.05) is 29.8 Å². The van der Waals surface area contributed by atoms with Crippen LogP contribution in [0.3, 0.4) is 0 Å². The first-order valence-electron chi connectivity index (χ1n) is 7.06. The summed E-state index contributed by atoms with van der Waals surface area (Å²) in [6, 6.07) is 11.4. The van der Waals surface area contributed by atoms with Gasteiger partial charge in [0.05, 0.1) is 10.6 Å². The SMILES string of the molecule is Cc1ccc(N2C(=O)S/C(=C\c3ccc(F)cc3)C2=O)c(C)c1. The number of benzene rings is 2. The summed E-state index contributed by atoms with van der Waals surface area (Å²) in [5.41, 5.74) is 3.22. The van der Waals surface area contributed by atoms with E-state index in [1.165, 1.54) is 17.0 Å². The minimum absolute atomic E-state index is 0.324. The molecule has 3 rings (SSSR count). The molecule has 1 aliphatic heterocycles. The summed E-state index contributed by atoms with van der Waals surface area (Å²) < 4.78 is 12.9. The van der Waals surface area contributed by atoms with Crippen LogP contribution in [-0.4, -0.2) is 11.1 Å². The first kappa shape index (κ1) is 15.5. The van der Waals surface area contributed by atoms with Crippen molar-refractivity contribution in [3.8, 4) is 0 Å². The molecule has 0 saturated carbocycles. The lowest BCUT2D eigenvalue weighted by Crippen LogP contribution is -2.28. The Morgan fingerprint density at radius 1 is 1.04 bits per heavy atom. The van der Waals surface area contributed by atoms with Crippen molar-refractivity contribution in [1.29, 1.82) is 0 Å². The molecule has 2 amide bonds. The number of rotatable bonds is 2. The van der Waals surface area contributed by atoms with E-state index >= 15 is 0 Å². The molecule has 0 bridgehead atoms. The Hall–Kier alpha value is -2.40. The van der Waals surface area contributed by atoms with Crippen LogP contribution < -0.4 is 4.90 Å². The van der Waals surface area contributed by atoms with Crippen LogP contribution in [-0.2, 0) is 4.79 Å². The predicted molar refractivity (Wildman–Crippen MR) is 90.8 cm³/mol. The molecule has 0 unspecified atom stereocenters. The molecule has 0 atom stereocenters. The second-order valence-electron chi connectivity index (χ2n) is 5.36. The highest BCUT2D eigenvalue weighted by atomic mass is 32.2. The topological polar surface area (TPSA) is 37.4 Å². The van der Waals surface area contributed by atoms with E-state index in [4.69, 9.17) is 0 Å². The molecule has 5 heteroatoms. The lowest BCUT2D eigenvalue weighted by molar-refractivity contribution is -0.113. The molecule has 1 aliphatic rings. The van der Waals surface area contributed by atoms with Crippen LogP contribution in [0.1, 0.15) is 16.7 Å². The number of amides is 2. The number of nitrogens with zero attached hydrogens (tertiary/aromatic N) is 1. The van der Waals surface area contributed by atoms with E-state index in [0.717, 1.165) is 22.9 Å². The Labute approximate surface area is 137 Å². The van der Waals surface area contributed by atoms with Crippen molar-refractivity contribution < 1.29 is 14.0 Å². The van der Waals surface area contributed by atoms with Gasteiger partial charge < -0.3 is 0 Å². The van der Waals surface area contributed by atoms with Crippen molar-refractivity contribution in [2.24, 2.45) is 0 Å². The fourth-order valence-corrected chi connectivity index (χ4v) is 3.28. The van der Waals surface area contributed by atoms with Crippen molar-refractivity contribution in [2.45, 2.75) is 13.8 Å². The number of anilines is 1. The van der Waals surface area contributed by atoms with E-state index in [2.05, 4.69) is 0 Å². The van der Waals surface area contributed by atoms with Gasteiger partial charge in [0.15, 0.2) is 0 Å². The number of aryl methyl sites for hydroxylation is 2. The summed E-state index contributed by atoms with van der Waals surface area (Å²) >= 11 is 0.893. The van der Waals surface area contributed by atoms with Crippen molar-refractivity contribution in [2.75, 3.05) is 4.90 Å². The Kier molecular flexibility index (Phi) is 4.05. The quantitative estimate of drug-likeness (QED) is 0.751. The van der Waals surface area contributed by atoms with E-state index in [1.54, 1.807) is 24.3 Å². The average Bonchev–Trinajstić information content (AvgIpc) is 2.77. The van der Waals surface area contributed by atoms with Gasteiger partial charge in [-0.3, -0.25) is 9.59 Å². The van der Waals surface area contributed by atoms with E-state index in [0.29, 0.717) is 16.2 Å². The molecule has 0 spiro atoms. The predicted octanol–water partition coefficient (Wildman–Crippen LogP) is 4.68. The fraction of sp³-hybridized carbons (Fsp3) is 0.111. The minimum Gasteiger partial charge on any atom is -0.268 e. The minimum atomic E-state index is -0.351. The summed E-state index contributed by atoms with van der Waals surface area (Å²) in [6.45, 7) is 3.83. The molecular formula is C18H14FNO2S. The zero-order valence-corrected chi connectivity index (χ0v) is 13.5. The maximum Gasteiger partial charge on any atom is 0.298 e. The molecule has 0 aliphatic carbocycles. The Balaban J connectivity index is 1.95. The van der Waals surface area contributed by atoms with Crippen molar-refractivity contribution >= 4 is 34.7 Å². The molecule has 116 valence electrons. The molecule has 2 aromatic rings. The fourth-order valence-electron chi connectivity index (χ4n) is 2.44. The molecule has 0 N–H and O–H groups in total. The first-order chi connectivity index (χ1) is 11.0. The number of halogens is 1. The van der Waals surface area contributed by atoms with Gasteiger partial charge in [0.1, 0.15) is 5.82 Å². The number of hydrogen-bond donors (Lipinski definition) is 0. The number of hydrogen-bond acceptors (Lipinski definition) is 3. The molecule has 0 radical (unpaired) electrons. The maximum absolute atomic E-state index is 12.9. The molecular weight excluding hydrogens is 313 g/mol. The highest BCUT2D eigenvalue weighted by Gasteiger charge is 2.36. The van der Waals surface area contributed by atoms with Crippen molar-refractivity contribution in [1.82, 2.24) is 0 Å². The number of carbonyl (C=O) groups is 2. The summed E-state index contributed by atoms with van der Waals surface area (Å²) in [6.07, 6.45) is 1.61. The highest BCUT2D eigenvalue weighted by molar-refractivity contribution is 8.19. The number of thioether (sulfide) groups is 1. The zero-order valence-electron chi connectivity index (χ0n) is 12.7. The first-order valence-corrected chi connectivity index (χ1v) is 7.88. The monoisotopic (exact) mass is 327 g/mol. The van der Waals surface area contributed by atoms with Gasteiger partial charge in [-0.05, 0) is 61.0 Å². The average molecular weight is 327 g/mol. The van der Waals surface area contributed by atoms with E-state index < -0.39 is 0 Å². The molecule has 0 aromatic heterocycles. The lowest BCUT2D eigenvalue weighted by atomic mass is 10.1. The largest absolute Gasteiger partial charge is 0.298 e. The molecule has 1 saturated heterocycles. The number of carbonyl (C=O) groups excluding carboxylic acids is 2. The summed E-state index contributed by atoms with van der Waals surface area (Å²) in [5.74, 6) is -0.693. The van der Waals surface area contributed by atoms with Gasteiger partial charge in [-0.15, -0.1) is 0 Å². The number of imide groups is 1. The molecule has 3 nitrogen and oxygen atoms in total. The standard InChI is InChI=1S/C18H14FNO2S/c1-11-3-8-15(12(2)9-11)20-17(21)16(23-18(20)22)10-13-4-6-14(19)7-5-13/h3-10H,1-2H3/b16-10-. The van der Waals surface area contributed by atoms with E-state index in [9.17, 15) is 14.0 Å². The van der Waals surface area contributed by atoms with Gasteiger partial charge >= 0.3 is 0 Å². The van der Waals surface area contributed by atoms with Crippen LogP contribution in [0.5, 0.6) is 0 Å². The van der Waals surface area contributed by atoms with Gasteiger partial charge in [-0.25, -0.2) is 9.29 Å². The third-order valence-corrected chi connectivity index (χ3v) is 4.42. The Bertz CT molecular complexity index is 827. The summed E-state index contributed by atoms with van der Waals surface area (Å²) in [5, 5.41) is -0.324. The molecule has 1 fully saturated rings. The van der Waals surface area contributed by atoms with E-state index in [-0.39, 0.29) is 17.0 Å². The van der Waals surface area contributed by atoms with Gasteiger partial charge in [0, 0.05) is 0 Å². The van der Waals surface area contributed by atoms with E-state index in [1.807, 2.05) is 26.0 Å². The van der Waals surface area contributed by atoms with Gasteiger partial charge in [0.25, 0.3) is 11.1 Å². The smallest absolute Gasteiger partial charge is 0.268 e. The van der Waals surface area contributed by atoms with Crippen LogP contribution >= 0.6 is 11.8 Å². The molecule has 2 aromatic carbocycles.